The van der Waals surface area contributed by atoms with E-state index in [0.29, 0.717) is 42.6 Å². The Kier molecular flexibility index (Phi) is 3.93. The molecule has 3 aromatic heterocycles. The predicted molar refractivity (Wildman–Crippen MR) is 102 cm³/mol. The molecule has 0 saturated heterocycles. The van der Waals surface area contributed by atoms with Crippen LogP contribution in [0.4, 0.5) is 0 Å². The van der Waals surface area contributed by atoms with E-state index in [1.807, 2.05) is 12.1 Å². The van der Waals surface area contributed by atoms with Crippen LogP contribution in [0.2, 0.25) is 5.28 Å². The van der Waals surface area contributed by atoms with Crippen LogP contribution in [0.5, 0.6) is 0 Å². The van der Waals surface area contributed by atoms with Gasteiger partial charge in [0.2, 0.25) is 5.28 Å². The van der Waals surface area contributed by atoms with E-state index in [2.05, 4.69) is 9.97 Å². The van der Waals surface area contributed by atoms with Gasteiger partial charge in [-0.3, -0.25) is 18.9 Å². The Bertz CT molecular complexity index is 1120. The minimum atomic E-state index is -0.294. The summed E-state index contributed by atoms with van der Waals surface area (Å²) in [7, 11) is 0. The van der Waals surface area contributed by atoms with Crippen LogP contribution in [-0.4, -0.2) is 23.7 Å². The summed E-state index contributed by atoms with van der Waals surface area (Å²) < 4.78 is 4.74. The molecule has 8 heteroatoms. The van der Waals surface area contributed by atoms with Crippen LogP contribution in [0.25, 0.3) is 11.2 Å². The van der Waals surface area contributed by atoms with E-state index in [9.17, 15) is 9.59 Å². The van der Waals surface area contributed by atoms with Crippen LogP contribution < -0.4 is 11.2 Å². The summed E-state index contributed by atoms with van der Waals surface area (Å²) in [4.78, 5) is 34.8. The van der Waals surface area contributed by atoms with Gasteiger partial charge in [0.05, 0.1) is 6.54 Å². The molecular weight excluding hydrogens is 366 g/mol. The molecule has 5 rings (SSSR count). The number of imidazole rings is 1. The van der Waals surface area contributed by atoms with Crippen molar-refractivity contribution < 1.29 is 0 Å². The Labute approximate surface area is 160 Å². The fourth-order valence-electron chi connectivity index (χ4n) is 3.53. The molecule has 0 spiro atoms. The van der Waals surface area contributed by atoms with E-state index in [1.54, 1.807) is 21.5 Å². The van der Waals surface area contributed by atoms with Crippen molar-refractivity contribution in [2.75, 3.05) is 0 Å². The zero-order chi connectivity index (χ0) is 18.5. The first-order chi connectivity index (χ1) is 13.1. The van der Waals surface area contributed by atoms with E-state index in [1.165, 1.54) is 4.57 Å². The third kappa shape index (κ3) is 3.10. The van der Waals surface area contributed by atoms with Crippen molar-refractivity contribution in [3.8, 4) is 0 Å². The van der Waals surface area contributed by atoms with Crippen LogP contribution in [0.3, 0.4) is 0 Å². The molecule has 27 heavy (non-hydrogen) atoms. The van der Waals surface area contributed by atoms with Gasteiger partial charge in [-0.2, -0.15) is 4.98 Å². The summed E-state index contributed by atoms with van der Waals surface area (Å²) in [6.07, 6.45) is 7.81. The molecule has 0 N–H and O–H groups in total. The van der Waals surface area contributed by atoms with E-state index >= 15 is 0 Å². The van der Waals surface area contributed by atoms with Crippen molar-refractivity contribution in [1.82, 2.24) is 23.7 Å². The minimum Gasteiger partial charge on any atom is -0.304 e. The molecule has 0 radical (unpaired) electrons. The predicted octanol–water partition coefficient (Wildman–Crippen LogP) is 2.28. The van der Waals surface area contributed by atoms with Gasteiger partial charge in [-0.1, -0.05) is 6.07 Å². The number of fused-ring (bicyclic) bond motifs is 1. The Hall–Kier alpha value is -2.41. The third-order valence-corrected chi connectivity index (χ3v) is 5.70. The normalized spacial score (nSPS) is 16.9. The van der Waals surface area contributed by atoms with Gasteiger partial charge in [0.1, 0.15) is 0 Å². The van der Waals surface area contributed by atoms with Gasteiger partial charge in [-0.25, -0.2) is 4.79 Å². The molecule has 0 aromatic carbocycles. The van der Waals surface area contributed by atoms with E-state index in [-0.39, 0.29) is 16.5 Å². The average Bonchev–Trinajstić information content (AvgIpc) is 3.58. The van der Waals surface area contributed by atoms with Crippen LogP contribution in [0, 0.1) is 11.8 Å². The Morgan fingerprint density at radius 3 is 2.37 bits per heavy atom. The SMILES string of the molecule is O=c1c2c(nc(Cl)n2Cc2cccnc2)n(CC2CC2)c(=O)n1CC1CC1. The lowest BCUT2D eigenvalue weighted by Gasteiger charge is -2.12. The van der Waals surface area contributed by atoms with Gasteiger partial charge < -0.3 is 4.57 Å². The number of hydrogen-bond donors (Lipinski definition) is 0. The molecule has 0 aliphatic heterocycles. The zero-order valence-electron chi connectivity index (χ0n) is 14.8. The summed E-state index contributed by atoms with van der Waals surface area (Å²) in [5, 5.41) is 0.221. The molecule has 0 unspecified atom stereocenters. The molecule has 0 amide bonds. The molecule has 3 heterocycles. The Morgan fingerprint density at radius 2 is 1.74 bits per heavy atom. The maximum Gasteiger partial charge on any atom is 0.332 e. The molecule has 3 aromatic rings. The number of halogens is 1. The van der Waals surface area contributed by atoms with Gasteiger partial charge in [-0.05, 0) is 60.7 Å². The maximum absolute atomic E-state index is 13.2. The number of rotatable bonds is 6. The molecule has 2 saturated carbocycles. The van der Waals surface area contributed by atoms with Crippen molar-refractivity contribution in [3.63, 3.8) is 0 Å². The van der Waals surface area contributed by atoms with Gasteiger partial charge >= 0.3 is 5.69 Å². The summed E-state index contributed by atoms with van der Waals surface area (Å²) >= 11 is 6.40. The summed E-state index contributed by atoms with van der Waals surface area (Å²) in [5.74, 6) is 0.910. The molecule has 140 valence electrons. The summed E-state index contributed by atoms with van der Waals surface area (Å²) in [5.41, 5.74) is 1.18. The summed E-state index contributed by atoms with van der Waals surface area (Å²) in [6, 6.07) is 3.77. The van der Waals surface area contributed by atoms with Crippen molar-refractivity contribution in [1.29, 1.82) is 0 Å². The first-order valence-electron chi connectivity index (χ1n) is 9.40. The second-order valence-corrected chi connectivity index (χ2v) is 8.03. The van der Waals surface area contributed by atoms with Crippen LogP contribution in [0.1, 0.15) is 31.2 Å². The zero-order valence-corrected chi connectivity index (χ0v) is 15.6. The number of pyridine rings is 1. The lowest BCUT2D eigenvalue weighted by molar-refractivity contribution is 0.519. The van der Waals surface area contributed by atoms with Crippen molar-refractivity contribution in [3.05, 3.63) is 56.2 Å². The lowest BCUT2D eigenvalue weighted by atomic mass is 10.3. The van der Waals surface area contributed by atoms with Crippen molar-refractivity contribution in [2.45, 2.75) is 45.3 Å². The second-order valence-electron chi connectivity index (χ2n) is 7.70. The highest BCUT2D eigenvalue weighted by Crippen LogP contribution is 2.32. The van der Waals surface area contributed by atoms with E-state index in [0.717, 1.165) is 31.2 Å². The number of hydrogen-bond acceptors (Lipinski definition) is 4. The van der Waals surface area contributed by atoms with Gasteiger partial charge in [0.25, 0.3) is 5.56 Å². The second kappa shape index (κ2) is 6.34. The first-order valence-corrected chi connectivity index (χ1v) is 9.78. The lowest BCUT2D eigenvalue weighted by Crippen LogP contribution is -2.41. The Morgan fingerprint density at radius 1 is 1.04 bits per heavy atom. The van der Waals surface area contributed by atoms with Gasteiger partial charge in [0, 0.05) is 25.5 Å². The van der Waals surface area contributed by atoms with E-state index in [4.69, 9.17) is 11.6 Å². The van der Waals surface area contributed by atoms with Gasteiger partial charge in [0.15, 0.2) is 11.2 Å². The van der Waals surface area contributed by atoms with Crippen molar-refractivity contribution >= 4 is 22.8 Å². The molecular formula is C19H20ClN5O2. The summed E-state index contributed by atoms with van der Waals surface area (Å²) in [6.45, 7) is 1.47. The largest absolute Gasteiger partial charge is 0.332 e. The highest BCUT2D eigenvalue weighted by molar-refractivity contribution is 6.29. The quantitative estimate of drug-likeness (QED) is 0.610. The molecule has 2 aliphatic carbocycles. The number of aromatic nitrogens is 5. The smallest absolute Gasteiger partial charge is 0.304 e. The third-order valence-electron chi connectivity index (χ3n) is 5.41. The fourth-order valence-corrected chi connectivity index (χ4v) is 3.75. The fraction of sp³-hybridized carbons (Fsp3) is 0.474. The Balaban J connectivity index is 1.72. The van der Waals surface area contributed by atoms with Gasteiger partial charge in [-0.15, -0.1) is 0 Å². The molecule has 0 bridgehead atoms. The van der Waals surface area contributed by atoms with Crippen LogP contribution in [0.15, 0.2) is 34.1 Å². The molecule has 7 nitrogen and oxygen atoms in total. The van der Waals surface area contributed by atoms with Crippen LogP contribution in [-0.2, 0) is 19.6 Å². The highest BCUT2D eigenvalue weighted by Gasteiger charge is 2.29. The molecule has 2 aliphatic rings. The standard InChI is InChI=1S/C19H20ClN5O2/c20-18-22-16-15(23(18)11-14-2-1-7-21-8-14)17(26)25(10-13-5-6-13)19(27)24(16)9-12-3-4-12/h1-2,7-8,12-13H,3-6,9-11H2. The van der Waals surface area contributed by atoms with Crippen molar-refractivity contribution in [2.24, 2.45) is 11.8 Å². The molecule has 2 fully saturated rings. The molecule has 0 atom stereocenters. The topological polar surface area (TPSA) is 74.7 Å². The average molecular weight is 386 g/mol. The first kappa shape index (κ1) is 16.7. The van der Waals surface area contributed by atoms with E-state index < -0.39 is 0 Å². The number of nitrogens with zero attached hydrogens (tertiary/aromatic N) is 5. The minimum absolute atomic E-state index is 0.221. The monoisotopic (exact) mass is 385 g/mol. The maximum atomic E-state index is 13.2. The van der Waals surface area contributed by atoms with Crippen LogP contribution >= 0.6 is 11.6 Å². The highest BCUT2D eigenvalue weighted by atomic mass is 35.5.